The number of hydrogen-bond acceptors (Lipinski definition) is 5. The van der Waals surface area contributed by atoms with E-state index in [1.807, 2.05) is 6.07 Å². The molecule has 1 N–H and O–H groups in total. The maximum atomic E-state index is 12.3. The molecule has 0 aliphatic carbocycles. The van der Waals surface area contributed by atoms with Crippen LogP contribution in [0, 0.1) is 0 Å². The molecule has 0 saturated carbocycles. The van der Waals surface area contributed by atoms with Gasteiger partial charge in [-0.15, -0.1) is 0 Å². The van der Waals surface area contributed by atoms with Crippen LogP contribution in [0.1, 0.15) is 6.42 Å². The topological polar surface area (TPSA) is 75.2 Å². The van der Waals surface area contributed by atoms with Crippen LogP contribution in [0.25, 0.3) is 0 Å². The molecule has 20 heavy (non-hydrogen) atoms. The maximum absolute atomic E-state index is 12.3. The Bertz CT molecular complexity index is 630. The third kappa shape index (κ3) is 2.23. The summed E-state index contributed by atoms with van der Waals surface area (Å²) in [5.41, 5.74) is 0.589. The second kappa shape index (κ2) is 5.08. The van der Waals surface area contributed by atoms with Crippen LogP contribution in [0.15, 0.2) is 48.9 Å². The van der Waals surface area contributed by atoms with Gasteiger partial charge in [-0.25, -0.2) is 9.88 Å². The Kier molecular flexibility index (Phi) is 3.12. The number of carbonyl (C=O) groups is 2. The number of amides is 2. The number of imide groups is 1. The lowest BCUT2D eigenvalue weighted by Gasteiger charge is -2.15. The summed E-state index contributed by atoms with van der Waals surface area (Å²) in [7, 11) is 0. The van der Waals surface area contributed by atoms with Gasteiger partial charge < -0.3 is 5.32 Å². The molecule has 1 aromatic carbocycles. The fraction of sp³-hybridized carbons (Fsp3) is 0.143. The number of hydrogen-bond donors (Lipinski definition) is 1. The van der Waals surface area contributed by atoms with Crippen LogP contribution < -0.4 is 10.2 Å². The van der Waals surface area contributed by atoms with Gasteiger partial charge in [0.15, 0.2) is 0 Å². The third-order valence-corrected chi connectivity index (χ3v) is 3.05. The zero-order valence-corrected chi connectivity index (χ0v) is 10.6. The summed E-state index contributed by atoms with van der Waals surface area (Å²) in [5, 5.41) is 2.94. The number of benzene rings is 1. The molecule has 1 aliphatic heterocycles. The lowest BCUT2D eigenvalue weighted by Crippen LogP contribution is -2.34. The van der Waals surface area contributed by atoms with Gasteiger partial charge in [-0.05, 0) is 12.1 Å². The fourth-order valence-electron chi connectivity index (χ4n) is 2.15. The third-order valence-electron chi connectivity index (χ3n) is 3.05. The Balaban J connectivity index is 1.81. The van der Waals surface area contributed by atoms with Gasteiger partial charge >= 0.3 is 0 Å². The highest BCUT2D eigenvalue weighted by atomic mass is 16.2. The zero-order chi connectivity index (χ0) is 13.9. The van der Waals surface area contributed by atoms with Gasteiger partial charge in [0, 0.05) is 12.4 Å². The van der Waals surface area contributed by atoms with Gasteiger partial charge in [0.25, 0.3) is 5.91 Å². The molecular formula is C14H12N4O2. The van der Waals surface area contributed by atoms with Crippen LogP contribution in [0.4, 0.5) is 11.5 Å². The summed E-state index contributed by atoms with van der Waals surface area (Å²) in [6, 6.07) is 8.29. The summed E-state index contributed by atoms with van der Waals surface area (Å²) in [5.74, 6) is -0.0111. The molecule has 1 atom stereocenters. The highest BCUT2D eigenvalue weighted by Gasteiger charge is 2.39. The van der Waals surface area contributed by atoms with E-state index in [9.17, 15) is 9.59 Å². The van der Waals surface area contributed by atoms with E-state index in [4.69, 9.17) is 0 Å². The minimum atomic E-state index is -0.598. The van der Waals surface area contributed by atoms with Crippen LogP contribution in [0.3, 0.4) is 0 Å². The van der Waals surface area contributed by atoms with Gasteiger partial charge in [-0.2, -0.15) is 0 Å². The van der Waals surface area contributed by atoms with Gasteiger partial charge in [0.2, 0.25) is 5.91 Å². The molecule has 1 saturated heterocycles. The monoisotopic (exact) mass is 268 g/mol. The standard InChI is InChI=1S/C14H12N4O2/c19-13-8-11(17-12-9-15-6-7-16-12)14(20)18(13)10-4-2-1-3-5-10/h1-7,9,11H,8H2,(H,16,17). The number of aromatic nitrogens is 2. The van der Waals surface area contributed by atoms with Crippen LogP contribution in [-0.2, 0) is 9.59 Å². The first kappa shape index (κ1) is 12.3. The number of nitrogens with one attached hydrogen (secondary N) is 1. The molecule has 6 nitrogen and oxygen atoms in total. The van der Waals surface area contributed by atoms with Gasteiger partial charge in [0.05, 0.1) is 18.3 Å². The van der Waals surface area contributed by atoms with Crippen molar-refractivity contribution in [2.75, 3.05) is 10.2 Å². The predicted molar refractivity (Wildman–Crippen MR) is 73.0 cm³/mol. The summed E-state index contributed by atoms with van der Waals surface area (Å²) >= 11 is 0. The molecule has 1 unspecified atom stereocenters. The Hall–Kier alpha value is -2.76. The largest absolute Gasteiger partial charge is 0.357 e. The highest BCUT2D eigenvalue weighted by molar-refractivity contribution is 6.23. The van der Waals surface area contributed by atoms with Crippen molar-refractivity contribution in [3.8, 4) is 0 Å². The molecule has 2 amide bonds. The summed E-state index contributed by atoms with van der Waals surface area (Å²) in [6.45, 7) is 0. The van der Waals surface area contributed by atoms with Crippen molar-refractivity contribution < 1.29 is 9.59 Å². The highest BCUT2D eigenvalue weighted by Crippen LogP contribution is 2.23. The smallest absolute Gasteiger partial charge is 0.256 e. The van der Waals surface area contributed by atoms with E-state index < -0.39 is 6.04 Å². The van der Waals surface area contributed by atoms with Crippen molar-refractivity contribution in [3.05, 3.63) is 48.9 Å². The molecule has 3 rings (SSSR count). The molecule has 0 radical (unpaired) electrons. The van der Waals surface area contributed by atoms with Crippen molar-refractivity contribution in [1.29, 1.82) is 0 Å². The van der Waals surface area contributed by atoms with Crippen molar-refractivity contribution in [2.45, 2.75) is 12.5 Å². The first-order valence-corrected chi connectivity index (χ1v) is 6.20. The van der Waals surface area contributed by atoms with Gasteiger partial charge in [0.1, 0.15) is 11.9 Å². The molecule has 2 aromatic rings. The molecule has 1 aliphatic rings. The van der Waals surface area contributed by atoms with E-state index in [0.29, 0.717) is 11.5 Å². The number of rotatable bonds is 3. The predicted octanol–water partition coefficient (Wildman–Crippen LogP) is 1.22. The van der Waals surface area contributed by atoms with Gasteiger partial charge in [-0.3, -0.25) is 14.6 Å². The van der Waals surface area contributed by atoms with Crippen LogP contribution in [0.2, 0.25) is 0 Å². The Morgan fingerprint density at radius 3 is 2.65 bits per heavy atom. The van der Waals surface area contributed by atoms with Crippen molar-refractivity contribution in [1.82, 2.24) is 9.97 Å². The number of carbonyl (C=O) groups excluding carboxylic acids is 2. The average Bonchev–Trinajstić information content (AvgIpc) is 2.75. The van der Waals surface area contributed by atoms with E-state index in [2.05, 4.69) is 15.3 Å². The number of nitrogens with zero attached hydrogens (tertiary/aromatic N) is 3. The summed E-state index contributed by atoms with van der Waals surface area (Å²) in [4.78, 5) is 33.5. The van der Waals surface area contributed by atoms with Crippen LogP contribution in [0.5, 0.6) is 0 Å². The molecule has 0 bridgehead atoms. The molecular weight excluding hydrogens is 256 g/mol. The molecule has 6 heteroatoms. The van der Waals surface area contributed by atoms with E-state index in [-0.39, 0.29) is 18.2 Å². The molecule has 1 fully saturated rings. The number of anilines is 2. The Morgan fingerprint density at radius 1 is 1.15 bits per heavy atom. The van der Waals surface area contributed by atoms with E-state index in [1.54, 1.807) is 30.5 Å². The Labute approximate surface area is 115 Å². The lowest BCUT2D eigenvalue weighted by molar-refractivity contribution is -0.121. The minimum Gasteiger partial charge on any atom is -0.357 e. The minimum absolute atomic E-state index is 0.115. The molecule has 0 spiro atoms. The van der Waals surface area contributed by atoms with Crippen LogP contribution in [-0.4, -0.2) is 27.8 Å². The second-order valence-electron chi connectivity index (χ2n) is 4.39. The second-order valence-corrected chi connectivity index (χ2v) is 4.39. The van der Waals surface area contributed by atoms with Crippen molar-refractivity contribution in [2.24, 2.45) is 0 Å². The average molecular weight is 268 g/mol. The summed E-state index contributed by atoms with van der Waals surface area (Å²) in [6.07, 6.45) is 4.70. The van der Waals surface area contributed by atoms with Crippen LogP contribution >= 0.6 is 0 Å². The Morgan fingerprint density at radius 2 is 1.95 bits per heavy atom. The quantitative estimate of drug-likeness (QED) is 0.847. The summed E-state index contributed by atoms with van der Waals surface area (Å²) < 4.78 is 0. The molecule has 100 valence electrons. The molecule has 1 aromatic heterocycles. The van der Waals surface area contributed by atoms with Crippen molar-refractivity contribution >= 4 is 23.3 Å². The normalized spacial score (nSPS) is 18.4. The SMILES string of the molecule is O=C1CC(Nc2cnccn2)C(=O)N1c1ccccc1. The lowest BCUT2D eigenvalue weighted by atomic mass is 10.2. The molecule has 2 heterocycles. The first-order valence-electron chi connectivity index (χ1n) is 6.20. The zero-order valence-electron chi connectivity index (χ0n) is 10.6. The number of para-hydroxylation sites is 1. The fourth-order valence-corrected chi connectivity index (χ4v) is 2.15. The van der Waals surface area contributed by atoms with E-state index >= 15 is 0 Å². The first-order chi connectivity index (χ1) is 9.75. The van der Waals surface area contributed by atoms with E-state index in [1.165, 1.54) is 17.3 Å². The maximum Gasteiger partial charge on any atom is 0.256 e. The van der Waals surface area contributed by atoms with Crippen molar-refractivity contribution in [3.63, 3.8) is 0 Å². The van der Waals surface area contributed by atoms with E-state index in [0.717, 1.165) is 0 Å². The van der Waals surface area contributed by atoms with Gasteiger partial charge in [-0.1, -0.05) is 18.2 Å².